The molecule has 0 saturated heterocycles. The first-order chi connectivity index (χ1) is 8.50. The average molecular weight is 284 g/mol. The Bertz CT molecular complexity index is 614. The first-order valence-corrected chi connectivity index (χ1v) is 5.66. The second kappa shape index (κ2) is 4.84. The zero-order valence-electron chi connectivity index (χ0n) is 8.91. The number of aromatic carboxylic acids is 1. The van der Waals surface area contributed by atoms with Gasteiger partial charge in [0.15, 0.2) is 5.78 Å². The number of ketones is 1. The Morgan fingerprint density at radius 1 is 1.17 bits per heavy atom. The number of aromatic amines is 1. The van der Waals surface area contributed by atoms with E-state index in [9.17, 15) is 9.59 Å². The van der Waals surface area contributed by atoms with Gasteiger partial charge in [-0.2, -0.15) is 0 Å². The Hall–Kier alpha value is -1.78. The van der Waals surface area contributed by atoms with E-state index in [2.05, 4.69) is 4.98 Å². The molecular formula is C12H7Cl2NO3. The second-order valence-electron chi connectivity index (χ2n) is 3.53. The van der Waals surface area contributed by atoms with E-state index in [-0.39, 0.29) is 26.9 Å². The normalized spacial score (nSPS) is 10.3. The summed E-state index contributed by atoms with van der Waals surface area (Å²) in [6, 6.07) is 5.96. The fourth-order valence-electron chi connectivity index (χ4n) is 1.51. The molecular weight excluding hydrogens is 277 g/mol. The monoisotopic (exact) mass is 283 g/mol. The van der Waals surface area contributed by atoms with Gasteiger partial charge < -0.3 is 10.1 Å². The fourth-order valence-corrected chi connectivity index (χ4v) is 2.08. The molecule has 2 rings (SSSR count). The average Bonchev–Trinajstić information content (AvgIpc) is 2.77. The van der Waals surface area contributed by atoms with E-state index < -0.39 is 11.8 Å². The van der Waals surface area contributed by atoms with Gasteiger partial charge in [-0.05, 0) is 18.2 Å². The van der Waals surface area contributed by atoms with E-state index in [0.29, 0.717) is 0 Å². The highest BCUT2D eigenvalue weighted by molar-refractivity contribution is 6.41. The SMILES string of the molecule is O=C(O)c1cc(C(=O)c2c(Cl)cccc2Cl)c[nH]1. The van der Waals surface area contributed by atoms with Crippen molar-refractivity contribution in [1.29, 1.82) is 0 Å². The van der Waals surface area contributed by atoms with Crippen LogP contribution in [0.1, 0.15) is 26.4 Å². The number of carboxylic acid groups (broad SMARTS) is 1. The van der Waals surface area contributed by atoms with Crippen LogP contribution in [-0.4, -0.2) is 21.8 Å². The van der Waals surface area contributed by atoms with Crippen LogP contribution in [0.5, 0.6) is 0 Å². The Balaban J connectivity index is 2.45. The van der Waals surface area contributed by atoms with Gasteiger partial charge in [-0.15, -0.1) is 0 Å². The molecule has 92 valence electrons. The summed E-state index contributed by atoms with van der Waals surface area (Å²) in [5.74, 6) is -1.56. The topological polar surface area (TPSA) is 70.2 Å². The predicted octanol–water partition coefficient (Wildman–Crippen LogP) is 3.25. The molecule has 1 aromatic carbocycles. The fraction of sp³-hybridized carbons (Fsp3) is 0. The van der Waals surface area contributed by atoms with Gasteiger partial charge in [-0.3, -0.25) is 4.79 Å². The highest BCUT2D eigenvalue weighted by Crippen LogP contribution is 2.27. The maximum absolute atomic E-state index is 12.1. The van der Waals surface area contributed by atoms with Crippen LogP contribution in [0.15, 0.2) is 30.5 Å². The second-order valence-corrected chi connectivity index (χ2v) is 4.35. The van der Waals surface area contributed by atoms with Crippen molar-refractivity contribution in [3.63, 3.8) is 0 Å². The Morgan fingerprint density at radius 3 is 2.28 bits per heavy atom. The molecule has 1 heterocycles. The molecule has 0 bridgehead atoms. The lowest BCUT2D eigenvalue weighted by molar-refractivity contribution is 0.0691. The van der Waals surface area contributed by atoms with Gasteiger partial charge in [-0.25, -0.2) is 4.79 Å². The zero-order valence-corrected chi connectivity index (χ0v) is 10.4. The summed E-state index contributed by atoms with van der Waals surface area (Å²) < 4.78 is 0. The van der Waals surface area contributed by atoms with Crippen molar-refractivity contribution in [3.8, 4) is 0 Å². The van der Waals surface area contributed by atoms with Crippen molar-refractivity contribution in [2.45, 2.75) is 0 Å². The van der Waals surface area contributed by atoms with Gasteiger partial charge in [0.25, 0.3) is 0 Å². The molecule has 0 radical (unpaired) electrons. The third-order valence-electron chi connectivity index (χ3n) is 2.37. The molecule has 0 fully saturated rings. The van der Waals surface area contributed by atoms with E-state index in [1.807, 2.05) is 0 Å². The van der Waals surface area contributed by atoms with Crippen LogP contribution in [0.4, 0.5) is 0 Å². The number of hydrogen-bond donors (Lipinski definition) is 2. The number of benzene rings is 1. The Labute approximate surface area is 112 Å². The molecule has 0 aliphatic rings. The van der Waals surface area contributed by atoms with Gasteiger partial charge in [0.1, 0.15) is 5.69 Å². The quantitative estimate of drug-likeness (QED) is 0.850. The van der Waals surface area contributed by atoms with Gasteiger partial charge in [0.05, 0.1) is 15.6 Å². The summed E-state index contributed by atoms with van der Waals surface area (Å²) in [5.41, 5.74) is 0.292. The number of rotatable bonds is 3. The summed E-state index contributed by atoms with van der Waals surface area (Å²) in [6.07, 6.45) is 1.31. The van der Waals surface area contributed by atoms with E-state index in [1.165, 1.54) is 12.3 Å². The van der Waals surface area contributed by atoms with Crippen LogP contribution in [0.25, 0.3) is 0 Å². The molecule has 1 aromatic heterocycles. The van der Waals surface area contributed by atoms with Crippen LogP contribution in [0.3, 0.4) is 0 Å². The lowest BCUT2D eigenvalue weighted by Gasteiger charge is -2.03. The maximum atomic E-state index is 12.1. The molecule has 6 heteroatoms. The highest BCUT2D eigenvalue weighted by atomic mass is 35.5. The molecule has 2 aromatic rings. The highest BCUT2D eigenvalue weighted by Gasteiger charge is 2.18. The minimum absolute atomic E-state index is 0.0680. The van der Waals surface area contributed by atoms with Crippen molar-refractivity contribution in [3.05, 3.63) is 57.3 Å². The van der Waals surface area contributed by atoms with E-state index in [0.717, 1.165) is 0 Å². The number of carboxylic acids is 1. The van der Waals surface area contributed by atoms with Crippen LogP contribution in [0.2, 0.25) is 10.0 Å². The van der Waals surface area contributed by atoms with Crippen LogP contribution < -0.4 is 0 Å². The van der Waals surface area contributed by atoms with E-state index in [4.69, 9.17) is 28.3 Å². The largest absolute Gasteiger partial charge is 0.477 e. The van der Waals surface area contributed by atoms with Crippen LogP contribution >= 0.6 is 23.2 Å². The molecule has 4 nitrogen and oxygen atoms in total. The summed E-state index contributed by atoms with van der Waals surface area (Å²) in [6.45, 7) is 0. The number of carbonyl (C=O) groups excluding carboxylic acids is 1. The predicted molar refractivity (Wildman–Crippen MR) is 67.6 cm³/mol. The van der Waals surface area contributed by atoms with Gasteiger partial charge in [0.2, 0.25) is 0 Å². The summed E-state index contributed by atoms with van der Waals surface area (Å²) in [5, 5.41) is 9.22. The third-order valence-corrected chi connectivity index (χ3v) is 3.00. The molecule has 18 heavy (non-hydrogen) atoms. The number of H-pyrrole nitrogens is 1. The van der Waals surface area contributed by atoms with E-state index in [1.54, 1.807) is 18.2 Å². The summed E-state index contributed by atoms with van der Waals surface area (Å²) in [4.78, 5) is 25.3. The Morgan fingerprint density at radius 2 is 1.78 bits per heavy atom. The molecule has 2 N–H and O–H groups in total. The lowest BCUT2D eigenvalue weighted by atomic mass is 10.1. The first kappa shape index (κ1) is 12.7. The third kappa shape index (κ3) is 2.25. The van der Waals surface area contributed by atoms with Crippen molar-refractivity contribution >= 4 is 35.0 Å². The van der Waals surface area contributed by atoms with Gasteiger partial charge >= 0.3 is 5.97 Å². The standard InChI is InChI=1S/C12H7Cl2NO3/c13-7-2-1-3-8(14)10(7)11(16)6-4-9(12(17)18)15-5-6/h1-5,15H,(H,17,18). The smallest absolute Gasteiger partial charge is 0.352 e. The summed E-state index contributed by atoms with van der Waals surface area (Å²) in [7, 11) is 0. The number of hydrogen-bond acceptors (Lipinski definition) is 2. The van der Waals surface area contributed by atoms with Crippen LogP contribution in [-0.2, 0) is 0 Å². The number of nitrogens with one attached hydrogen (secondary N) is 1. The van der Waals surface area contributed by atoms with Crippen molar-refractivity contribution < 1.29 is 14.7 Å². The first-order valence-electron chi connectivity index (χ1n) is 4.91. The molecule has 0 saturated carbocycles. The molecule has 0 atom stereocenters. The molecule has 0 aliphatic carbocycles. The minimum atomic E-state index is -1.14. The van der Waals surface area contributed by atoms with Crippen LogP contribution in [0, 0.1) is 0 Å². The van der Waals surface area contributed by atoms with E-state index >= 15 is 0 Å². The maximum Gasteiger partial charge on any atom is 0.352 e. The van der Waals surface area contributed by atoms with Crippen molar-refractivity contribution in [2.75, 3.05) is 0 Å². The number of carbonyl (C=O) groups is 2. The number of halogens is 2. The van der Waals surface area contributed by atoms with Crippen molar-refractivity contribution in [1.82, 2.24) is 4.98 Å². The van der Waals surface area contributed by atoms with Crippen molar-refractivity contribution in [2.24, 2.45) is 0 Å². The lowest BCUT2D eigenvalue weighted by Crippen LogP contribution is -2.02. The molecule has 0 aliphatic heterocycles. The molecule has 0 unspecified atom stereocenters. The minimum Gasteiger partial charge on any atom is -0.477 e. The molecule has 0 spiro atoms. The summed E-state index contributed by atoms with van der Waals surface area (Å²) >= 11 is 11.8. The zero-order chi connectivity index (χ0) is 13.3. The Kier molecular flexibility index (Phi) is 3.41. The van der Waals surface area contributed by atoms with Gasteiger partial charge in [0, 0.05) is 11.8 Å². The number of aromatic nitrogens is 1. The van der Waals surface area contributed by atoms with Gasteiger partial charge in [-0.1, -0.05) is 29.3 Å². The molecule has 0 amide bonds.